The Morgan fingerprint density at radius 1 is 1.32 bits per heavy atom. The van der Waals surface area contributed by atoms with E-state index in [1.165, 1.54) is 11.3 Å². The number of benzene rings is 1. The molecule has 0 fully saturated rings. The number of carbonyl (C=O) groups is 1. The highest BCUT2D eigenvalue weighted by atomic mass is 32.1. The van der Waals surface area contributed by atoms with Gasteiger partial charge in [0.25, 0.3) is 0 Å². The molecule has 0 bridgehead atoms. The van der Waals surface area contributed by atoms with Gasteiger partial charge in [0.15, 0.2) is 5.70 Å². The van der Waals surface area contributed by atoms with Gasteiger partial charge in [0.1, 0.15) is 12.4 Å². The zero-order chi connectivity index (χ0) is 15.4. The summed E-state index contributed by atoms with van der Waals surface area (Å²) in [6.45, 7) is 4.04. The van der Waals surface area contributed by atoms with Crippen LogP contribution < -0.4 is 4.74 Å². The van der Waals surface area contributed by atoms with Crippen LogP contribution in [0.15, 0.2) is 65.1 Å². The van der Waals surface area contributed by atoms with E-state index in [4.69, 9.17) is 9.47 Å². The highest BCUT2D eigenvalue weighted by Gasteiger charge is 2.24. The number of thiophene rings is 1. The maximum absolute atomic E-state index is 11.9. The third-order valence-corrected chi connectivity index (χ3v) is 3.74. The fraction of sp³-hybridized carbons (Fsp3) is 0.0588. The van der Waals surface area contributed by atoms with Crippen molar-refractivity contribution in [3.8, 4) is 5.75 Å². The molecule has 0 saturated heterocycles. The summed E-state index contributed by atoms with van der Waals surface area (Å²) >= 11 is 1.48. The monoisotopic (exact) mass is 311 g/mol. The lowest BCUT2D eigenvalue weighted by Gasteiger charge is -2.03. The highest BCUT2D eigenvalue weighted by Crippen LogP contribution is 2.22. The summed E-state index contributed by atoms with van der Waals surface area (Å²) < 4.78 is 10.7. The lowest BCUT2D eigenvalue weighted by atomic mass is 10.2. The maximum atomic E-state index is 11.9. The van der Waals surface area contributed by atoms with E-state index in [0.29, 0.717) is 18.3 Å². The van der Waals surface area contributed by atoms with Gasteiger partial charge in [-0.25, -0.2) is 9.79 Å². The fourth-order valence-electron chi connectivity index (χ4n) is 1.92. The van der Waals surface area contributed by atoms with E-state index in [0.717, 1.165) is 10.4 Å². The van der Waals surface area contributed by atoms with Crippen molar-refractivity contribution >= 4 is 29.3 Å². The molecule has 0 atom stereocenters. The first kappa shape index (κ1) is 14.3. The molecule has 2 aromatic rings. The van der Waals surface area contributed by atoms with Crippen LogP contribution in [0.4, 0.5) is 0 Å². The second-order valence-electron chi connectivity index (χ2n) is 4.49. The summed E-state index contributed by atoms with van der Waals surface area (Å²) in [5.74, 6) is 0.620. The number of hydrogen-bond donors (Lipinski definition) is 0. The summed E-state index contributed by atoms with van der Waals surface area (Å²) in [6, 6.07) is 11.2. The molecule has 1 aromatic heterocycles. The molecule has 4 nitrogen and oxygen atoms in total. The molecule has 0 radical (unpaired) electrons. The smallest absolute Gasteiger partial charge is 0.363 e. The summed E-state index contributed by atoms with van der Waals surface area (Å²) in [6.07, 6.45) is 3.36. The Morgan fingerprint density at radius 2 is 2.23 bits per heavy atom. The number of aliphatic imine (C=N–C) groups is 1. The van der Waals surface area contributed by atoms with Gasteiger partial charge in [-0.1, -0.05) is 30.9 Å². The number of nitrogens with zero attached hydrogens (tertiary/aromatic N) is 1. The molecule has 0 saturated carbocycles. The standard InChI is InChI=1S/C17H13NO3S/c1-2-8-20-13-6-3-5-12(10-13)11-14-17(19)21-16(18-14)15-7-4-9-22-15/h2-7,9-11H,1,8H2/b14-11+. The van der Waals surface area contributed by atoms with E-state index in [1.54, 1.807) is 12.2 Å². The number of esters is 1. The van der Waals surface area contributed by atoms with E-state index in [1.807, 2.05) is 41.8 Å². The van der Waals surface area contributed by atoms with Gasteiger partial charge in [0.05, 0.1) is 4.88 Å². The van der Waals surface area contributed by atoms with Crippen LogP contribution in [-0.4, -0.2) is 18.5 Å². The van der Waals surface area contributed by atoms with Gasteiger partial charge in [-0.3, -0.25) is 0 Å². The van der Waals surface area contributed by atoms with Crippen LogP contribution in [0, 0.1) is 0 Å². The van der Waals surface area contributed by atoms with Crippen LogP contribution in [-0.2, 0) is 9.53 Å². The quantitative estimate of drug-likeness (QED) is 0.481. The summed E-state index contributed by atoms with van der Waals surface area (Å²) in [7, 11) is 0. The molecule has 0 aliphatic carbocycles. The van der Waals surface area contributed by atoms with Crippen LogP contribution in [0.1, 0.15) is 10.4 Å². The van der Waals surface area contributed by atoms with E-state index in [9.17, 15) is 4.79 Å². The number of carbonyl (C=O) groups excluding carboxylic acids is 1. The molecule has 22 heavy (non-hydrogen) atoms. The van der Waals surface area contributed by atoms with Crippen LogP contribution in [0.5, 0.6) is 5.75 Å². The summed E-state index contributed by atoms with van der Waals surface area (Å²) in [4.78, 5) is 17.0. The third kappa shape index (κ3) is 3.15. The van der Waals surface area contributed by atoms with E-state index in [-0.39, 0.29) is 5.70 Å². The van der Waals surface area contributed by atoms with Gasteiger partial charge in [-0.05, 0) is 35.2 Å². The number of cyclic esters (lactones) is 1. The molecular weight excluding hydrogens is 298 g/mol. The van der Waals surface area contributed by atoms with Crippen molar-refractivity contribution in [2.75, 3.05) is 6.61 Å². The fourth-order valence-corrected chi connectivity index (χ4v) is 2.57. The molecule has 3 rings (SSSR count). The van der Waals surface area contributed by atoms with E-state index in [2.05, 4.69) is 11.6 Å². The lowest BCUT2D eigenvalue weighted by molar-refractivity contribution is -0.129. The van der Waals surface area contributed by atoms with E-state index >= 15 is 0 Å². The zero-order valence-corrected chi connectivity index (χ0v) is 12.5. The van der Waals surface area contributed by atoms with Gasteiger partial charge in [-0.2, -0.15) is 0 Å². The minimum absolute atomic E-state index is 0.282. The van der Waals surface area contributed by atoms with Gasteiger partial charge in [-0.15, -0.1) is 11.3 Å². The molecule has 0 spiro atoms. The Kier molecular flexibility index (Phi) is 4.16. The molecule has 0 unspecified atom stereocenters. The summed E-state index contributed by atoms with van der Waals surface area (Å²) in [5.41, 5.74) is 1.11. The SMILES string of the molecule is C=CCOc1cccc(/C=C2/N=C(c3cccs3)OC2=O)c1. The number of hydrogen-bond acceptors (Lipinski definition) is 5. The van der Waals surface area contributed by atoms with Crippen molar-refractivity contribution in [1.82, 2.24) is 0 Å². The Hall–Kier alpha value is -2.66. The van der Waals surface area contributed by atoms with Crippen molar-refractivity contribution in [2.24, 2.45) is 4.99 Å². The van der Waals surface area contributed by atoms with Crippen LogP contribution in [0.2, 0.25) is 0 Å². The predicted molar refractivity (Wildman–Crippen MR) is 87.1 cm³/mol. The Morgan fingerprint density at radius 3 is 3.00 bits per heavy atom. The van der Waals surface area contributed by atoms with Crippen molar-refractivity contribution in [1.29, 1.82) is 0 Å². The maximum Gasteiger partial charge on any atom is 0.363 e. The molecule has 110 valence electrons. The molecule has 1 aliphatic rings. The van der Waals surface area contributed by atoms with Crippen LogP contribution in [0.25, 0.3) is 6.08 Å². The Balaban J connectivity index is 1.85. The van der Waals surface area contributed by atoms with Crippen molar-refractivity contribution < 1.29 is 14.3 Å². The third-order valence-electron chi connectivity index (χ3n) is 2.88. The Bertz CT molecular complexity index is 760. The second kappa shape index (κ2) is 6.41. The first-order valence-electron chi connectivity index (χ1n) is 6.66. The topological polar surface area (TPSA) is 47.9 Å². The van der Waals surface area contributed by atoms with Gasteiger partial charge >= 0.3 is 5.97 Å². The Labute approximate surface area is 132 Å². The summed E-state index contributed by atoms with van der Waals surface area (Å²) in [5, 5.41) is 1.91. The van der Waals surface area contributed by atoms with Gasteiger partial charge < -0.3 is 9.47 Å². The second-order valence-corrected chi connectivity index (χ2v) is 5.43. The van der Waals surface area contributed by atoms with Crippen molar-refractivity contribution in [2.45, 2.75) is 0 Å². The minimum atomic E-state index is -0.444. The highest BCUT2D eigenvalue weighted by molar-refractivity contribution is 7.12. The molecule has 0 amide bonds. The first-order chi connectivity index (χ1) is 10.8. The van der Waals surface area contributed by atoms with Crippen molar-refractivity contribution in [3.05, 3.63) is 70.6 Å². The van der Waals surface area contributed by atoms with E-state index < -0.39 is 5.97 Å². The zero-order valence-electron chi connectivity index (χ0n) is 11.7. The lowest BCUT2D eigenvalue weighted by Crippen LogP contribution is -2.03. The largest absolute Gasteiger partial charge is 0.490 e. The van der Waals surface area contributed by atoms with Gasteiger partial charge in [0, 0.05) is 0 Å². The van der Waals surface area contributed by atoms with Gasteiger partial charge in [0.2, 0.25) is 5.90 Å². The molecule has 2 heterocycles. The molecule has 5 heteroatoms. The molecule has 1 aromatic carbocycles. The average molecular weight is 311 g/mol. The molecule has 1 aliphatic heterocycles. The minimum Gasteiger partial charge on any atom is -0.490 e. The molecular formula is C17H13NO3S. The molecule has 0 N–H and O–H groups in total. The van der Waals surface area contributed by atoms with Crippen LogP contribution >= 0.6 is 11.3 Å². The van der Waals surface area contributed by atoms with Crippen LogP contribution in [0.3, 0.4) is 0 Å². The predicted octanol–water partition coefficient (Wildman–Crippen LogP) is 3.66. The normalized spacial score (nSPS) is 15.5. The number of ether oxygens (including phenoxy) is 2. The van der Waals surface area contributed by atoms with Crippen molar-refractivity contribution in [3.63, 3.8) is 0 Å². The first-order valence-corrected chi connectivity index (χ1v) is 7.54. The average Bonchev–Trinajstić information content (AvgIpc) is 3.16. The number of rotatable bonds is 5.